The molecule has 0 saturated heterocycles. The molecule has 0 saturated carbocycles. The summed E-state index contributed by atoms with van der Waals surface area (Å²) in [6.45, 7) is 7.96. The lowest BCUT2D eigenvalue weighted by Gasteiger charge is -2.22. The summed E-state index contributed by atoms with van der Waals surface area (Å²) in [6, 6.07) is 2.77. The van der Waals surface area contributed by atoms with Crippen LogP contribution in [0.1, 0.15) is 45.7 Å². The van der Waals surface area contributed by atoms with Crippen LogP contribution in [0.3, 0.4) is 0 Å². The van der Waals surface area contributed by atoms with E-state index in [4.69, 9.17) is 0 Å². The summed E-state index contributed by atoms with van der Waals surface area (Å²) in [4.78, 5) is 0. The molecule has 0 amide bonds. The van der Waals surface area contributed by atoms with Crippen molar-refractivity contribution in [3.8, 4) is 0 Å². The van der Waals surface area contributed by atoms with Gasteiger partial charge in [-0.05, 0) is 44.2 Å². The number of hydrogen-bond donors (Lipinski definition) is 1. The minimum Gasteiger partial charge on any atom is -0.314 e. The second kappa shape index (κ2) is 7.49. The highest BCUT2D eigenvalue weighted by Crippen LogP contribution is 2.11. The summed E-state index contributed by atoms with van der Waals surface area (Å²) < 4.78 is 1.98. The van der Waals surface area contributed by atoms with E-state index in [0.717, 1.165) is 13.0 Å². The summed E-state index contributed by atoms with van der Waals surface area (Å²) in [5.41, 5.74) is 1.34. The van der Waals surface area contributed by atoms with Gasteiger partial charge in [-0.2, -0.15) is 5.10 Å². The van der Waals surface area contributed by atoms with E-state index in [1.165, 1.54) is 25.0 Å². The SMILES string of the molecule is CCCNC(CCCc1ccnn1C)C(C)C. The third kappa shape index (κ3) is 4.90. The molecule has 1 aromatic heterocycles. The summed E-state index contributed by atoms with van der Waals surface area (Å²) >= 11 is 0. The van der Waals surface area contributed by atoms with Gasteiger partial charge in [0.05, 0.1) is 0 Å². The van der Waals surface area contributed by atoms with Crippen LogP contribution in [-0.2, 0) is 13.5 Å². The number of rotatable bonds is 8. The molecule has 0 bridgehead atoms. The standard InChI is InChI=1S/C14H27N3/c1-5-10-15-14(12(2)3)8-6-7-13-9-11-16-17(13)4/h9,11-12,14-15H,5-8,10H2,1-4H3. The van der Waals surface area contributed by atoms with Crippen LogP contribution in [0.15, 0.2) is 12.3 Å². The molecule has 1 unspecified atom stereocenters. The predicted octanol–water partition coefficient (Wildman–Crippen LogP) is 2.77. The first-order valence-corrected chi connectivity index (χ1v) is 6.85. The Bertz CT molecular complexity index is 304. The maximum absolute atomic E-state index is 4.20. The topological polar surface area (TPSA) is 29.9 Å². The molecule has 1 heterocycles. The first-order chi connectivity index (χ1) is 8.15. The predicted molar refractivity (Wildman–Crippen MR) is 73.1 cm³/mol. The lowest BCUT2D eigenvalue weighted by Crippen LogP contribution is -2.34. The van der Waals surface area contributed by atoms with Crippen molar-refractivity contribution in [3.05, 3.63) is 18.0 Å². The fraction of sp³-hybridized carbons (Fsp3) is 0.786. The summed E-state index contributed by atoms with van der Waals surface area (Å²) in [6.07, 6.45) is 6.71. The summed E-state index contributed by atoms with van der Waals surface area (Å²) in [7, 11) is 2.02. The zero-order valence-electron chi connectivity index (χ0n) is 11.7. The second-order valence-corrected chi connectivity index (χ2v) is 5.14. The minimum absolute atomic E-state index is 0.656. The van der Waals surface area contributed by atoms with E-state index < -0.39 is 0 Å². The molecular formula is C14H27N3. The van der Waals surface area contributed by atoms with Gasteiger partial charge >= 0.3 is 0 Å². The second-order valence-electron chi connectivity index (χ2n) is 5.14. The molecule has 17 heavy (non-hydrogen) atoms. The van der Waals surface area contributed by atoms with E-state index >= 15 is 0 Å². The van der Waals surface area contributed by atoms with Crippen LogP contribution in [-0.4, -0.2) is 22.4 Å². The van der Waals surface area contributed by atoms with E-state index in [2.05, 4.69) is 37.3 Å². The first kappa shape index (κ1) is 14.2. The molecule has 0 aliphatic heterocycles. The van der Waals surface area contributed by atoms with Crippen LogP contribution in [0.4, 0.5) is 0 Å². The molecule has 3 heteroatoms. The average Bonchev–Trinajstić information content (AvgIpc) is 2.69. The number of nitrogens with zero attached hydrogens (tertiary/aromatic N) is 2. The molecule has 0 aromatic carbocycles. The zero-order valence-corrected chi connectivity index (χ0v) is 11.7. The molecule has 3 nitrogen and oxygen atoms in total. The third-order valence-electron chi connectivity index (χ3n) is 3.33. The molecule has 1 rings (SSSR count). The Morgan fingerprint density at radius 1 is 1.41 bits per heavy atom. The highest BCUT2D eigenvalue weighted by Gasteiger charge is 2.12. The summed E-state index contributed by atoms with van der Waals surface area (Å²) in [5.74, 6) is 0.716. The Morgan fingerprint density at radius 3 is 2.71 bits per heavy atom. The molecule has 0 fully saturated rings. The van der Waals surface area contributed by atoms with Crippen molar-refractivity contribution in [2.24, 2.45) is 13.0 Å². The lowest BCUT2D eigenvalue weighted by molar-refractivity contribution is 0.369. The molecule has 1 aromatic rings. The number of hydrogen-bond acceptors (Lipinski definition) is 2. The fourth-order valence-corrected chi connectivity index (χ4v) is 2.15. The minimum atomic E-state index is 0.656. The molecule has 0 aliphatic rings. The van der Waals surface area contributed by atoms with Crippen molar-refractivity contribution in [2.45, 2.75) is 52.5 Å². The van der Waals surface area contributed by atoms with Gasteiger partial charge in [-0.15, -0.1) is 0 Å². The molecule has 0 radical (unpaired) electrons. The van der Waals surface area contributed by atoms with Crippen LogP contribution in [0.5, 0.6) is 0 Å². The van der Waals surface area contributed by atoms with Crippen molar-refractivity contribution in [2.75, 3.05) is 6.54 Å². The van der Waals surface area contributed by atoms with Gasteiger partial charge in [0.2, 0.25) is 0 Å². The maximum atomic E-state index is 4.20. The first-order valence-electron chi connectivity index (χ1n) is 6.85. The van der Waals surface area contributed by atoms with E-state index in [0.29, 0.717) is 12.0 Å². The molecule has 1 N–H and O–H groups in total. The Kier molecular flexibility index (Phi) is 6.27. The highest BCUT2D eigenvalue weighted by atomic mass is 15.2. The Hall–Kier alpha value is -0.830. The van der Waals surface area contributed by atoms with Crippen molar-refractivity contribution in [1.29, 1.82) is 0 Å². The smallest absolute Gasteiger partial charge is 0.0492 e. The van der Waals surface area contributed by atoms with E-state index in [1.807, 2.05) is 17.9 Å². The van der Waals surface area contributed by atoms with Gasteiger partial charge in [0.25, 0.3) is 0 Å². The van der Waals surface area contributed by atoms with Gasteiger partial charge in [0.1, 0.15) is 0 Å². The zero-order chi connectivity index (χ0) is 12.7. The van der Waals surface area contributed by atoms with E-state index in [9.17, 15) is 0 Å². The molecule has 98 valence electrons. The molecule has 1 atom stereocenters. The number of aryl methyl sites for hydroxylation is 2. The largest absolute Gasteiger partial charge is 0.314 e. The molecular weight excluding hydrogens is 210 g/mol. The number of aromatic nitrogens is 2. The maximum Gasteiger partial charge on any atom is 0.0492 e. The van der Waals surface area contributed by atoms with Crippen molar-refractivity contribution < 1.29 is 0 Å². The molecule has 0 spiro atoms. The van der Waals surface area contributed by atoms with Crippen molar-refractivity contribution >= 4 is 0 Å². The Morgan fingerprint density at radius 2 is 2.18 bits per heavy atom. The normalized spacial score (nSPS) is 13.2. The Balaban J connectivity index is 2.29. The average molecular weight is 237 g/mol. The highest BCUT2D eigenvalue weighted by molar-refractivity contribution is 4.99. The van der Waals surface area contributed by atoms with Crippen molar-refractivity contribution in [1.82, 2.24) is 15.1 Å². The Labute approximate surface area is 106 Å². The van der Waals surface area contributed by atoms with E-state index in [1.54, 1.807) is 0 Å². The third-order valence-corrected chi connectivity index (χ3v) is 3.33. The van der Waals surface area contributed by atoms with E-state index in [-0.39, 0.29) is 0 Å². The van der Waals surface area contributed by atoms with Gasteiger partial charge in [-0.1, -0.05) is 20.8 Å². The summed E-state index contributed by atoms with van der Waals surface area (Å²) in [5, 5.41) is 7.84. The lowest BCUT2D eigenvalue weighted by atomic mass is 9.97. The van der Waals surface area contributed by atoms with Crippen LogP contribution < -0.4 is 5.32 Å². The number of nitrogens with one attached hydrogen (secondary N) is 1. The van der Waals surface area contributed by atoms with Gasteiger partial charge in [0.15, 0.2) is 0 Å². The molecule has 0 aliphatic carbocycles. The van der Waals surface area contributed by atoms with Crippen LogP contribution >= 0.6 is 0 Å². The van der Waals surface area contributed by atoms with Gasteiger partial charge in [0, 0.05) is 25.0 Å². The van der Waals surface area contributed by atoms with Crippen LogP contribution in [0, 0.1) is 5.92 Å². The quantitative estimate of drug-likeness (QED) is 0.753. The van der Waals surface area contributed by atoms with Gasteiger partial charge < -0.3 is 5.32 Å². The monoisotopic (exact) mass is 237 g/mol. The van der Waals surface area contributed by atoms with Crippen LogP contribution in [0.25, 0.3) is 0 Å². The fourth-order valence-electron chi connectivity index (χ4n) is 2.15. The van der Waals surface area contributed by atoms with Gasteiger partial charge in [-0.25, -0.2) is 0 Å². The van der Waals surface area contributed by atoms with Crippen molar-refractivity contribution in [3.63, 3.8) is 0 Å². The van der Waals surface area contributed by atoms with Gasteiger partial charge in [-0.3, -0.25) is 4.68 Å². The van der Waals surface area contributed by atoms with Crippen LogP contribution in [0.2, 0.25) is 0 Å².